The predicted octanol–water partition coefficient (Wildman–Crippen LogP) is 0.841. The molecule has 2 heterocycles. The van der Waals surface area contributed by atoms with Crippen LogP contribution in [0.4, 0.5) is 0 Å². The third-order valence-corrected chi connectivity index (χ3v) is 3.80. The lowest BCUT2D eigenvalue weighted by Gasteiger charge is -2.26. The Morgan fingerprint density at radius 3 is 2.55 bits per heavy atom. The van der Waals surface area contributed by atoms with Crippen molar-refractivity contribution in [3.8, 4) is 5.88 Å². The number of carbonyl (C=O) groups is 1. The zero-order valence-electron chi connectivity index (χ0n) is 13.3. The van der Waals surface area contributed by atoms with Crippen LogP contribution in [-0.2, 0) is 6.42 Å². The van der Waals surface area contributed by atoms with Gasteiger partial charge in [0.15, 0.2) is 0 Å². The van der Waals surface area contributed by atoms with Gasteiger partial charge in [-0.25, -0.2) is 0 Å². The second-order valence-corrected chi connectivity index (χ2v) is 6.03. The lowest BCUT2D eigenvalue weighted by molar-refractivity contribution is -0.622. The summed E-state index contributed by atoms with van der Waals surface area (Å²) >= 11 is 0. The SMILES string of the molecule is COc1c(C(=O)N2CCCCC2)[nH]c(=O)c(CC(C)C)[n+]1[O-]. The number of likely N-dealkylation sites (tertiary alicyclic amines) is 1. The van der Waals surface area contributed by atoms with Gasteiger partial charge in [0.1, 0.15) is 0 Å². The van der Waals surface area contributed by atoms with Gasteiger partial charge in [-0.3, -0.25) is 9.59 Å². The minimum atomic E-state index is -0.523. The second-order valence-electron chi connectivity index (χ2n) is 6.03. The maximum absolute atomic E-state index is 12.5. The van der Waals surface area contributed by atoms with E-state index in [9.17, 15) is 14.8 Å². The Labute approximate surface area is 129 Å². The normalized spacial score (nSPS) is 15.2. The van der Waals surface area contributed by atoms with Crippen molar-refractivity contribution in [2.24, 2.45) is 5.92 Å². The summed E-state index contributed by atoms with van der Waals surface area (Å²) in [5, 5.41) is 12.4. The van der Waals surface area contributed by atoms with Gasteiger partial charge in [-0.2, -0.15) is 0 Å². The van der Waals surface area contributed by atoms with E-state index in [0.29, 0.717) is 24.2 Å². The van der Waals surface area contributed by atoms with Crippen LogP contribution in [0.3, 0.4) is 0 Å². The first-order valence-electron chi connectivity index (χ1n) is 7.67. The molecule has 7 heteroatoms. The molecule has 22 heavy (non-hydrogen) atoms. The molecule has 0 aromatic carbocycles. The van der Waals surface area contributed by atoms with Crippen LogP contribution in [0.2, 0.25) is 0 Å². The number of methoxy groups -OCH3 is 1. The molecule has 122 valence electrons. The summed E-state index contributed by atoms with van der Waals surface area (Å²) in [6.07, 6.45) is 3.28. The van der Waals surface area contributed by atoms with Gasteiger partial charge in [-0.15, -0.1) is 4.73 Å². The fourth-order valence-corrected chi connectivity index (χ4v) is 2.70. The fourth-order valence-electron chi connectivity index (χ4n) is 2.70. The van der Waals surface area contributed by atoms with E-state index >= 15 is 0 Å². The zero-order valence-corrected chi connectivity index (χ0v) is 13.3. The van der Waals surface area contributed by atoms with E-state index in [4.69, 9.17) is 4.74 Å². The number of carbonyl (C=O) groups excluding carboxylic acids is 1. The standard InChI is InChI=1S/C15H23N3O4/c1-10(2)9-11-13(19)16-12(15(22-3)18(11)21)14(20)17-7-5-4-6-8-17/h10H,4-9H2,1-3H3,(H,16,19). The first-order valence-corrected chi connectivity index (χ1v) is 7.67. The van der Waals surface area contributed by atoms with Crippen LogP contribution in [0.1, 0.15) is 49.3 Å². The van der Waals surface area contributed by atoms with Crippen LogP contribution < -0.4 is 15.0 Å². The number of H-pyrrole nitrogens is 1. The summed E-state index contributed by atoms with van der Waals surface area (Å²) in [6, 6.07) is 0. The molecule has 0 bridgehead atoms. The van der Waals surface area contributed by atoms with Gasteiger partial charge in [-0.05, 0) is 25.2 Å². The highest BCUT2D eigenvalue weighted by Gasteiger charge is 2.30. The molecule has 1 fully saturated rings. The van der Waals surface area contributed by atoms with Gasteiger partial charge < -0.3 is 19.8 Å². The molecule has 0 atom stereocenters. The van der Waals surface area contributed by atoms with Crippen LogP contribution in [0.25, 0.3) is 0 Å². The molecule has 0 radical (unpaired) electrons. The second kappa shape index (κ2) is 6.81. The highest BCUT2D eigenvalue weighted by atomic mass is 16.5. The summed E-state index contributed by atoms with van der Waals surface area (Å²) in [5.41, 5.74) is -0.510. The summed E-state index contributed by atoms with van der Waals surface area (Å²) in [7, 11) is 1.33. The van der Waals surface area contributed by atoms with E-state index in [1.54, 1.807) is 4.90 Å². The molecule has 1 aromatic rings. The molecule has 1 aliphatic heterocycles. The molecule has 7 nitrogen and oxygen atoms in total. The number of aromatic nitrogens is 2. The van der Waals surface area contributed by atoms with E-state index in [0.717, 1.165) is 19.3 Å². The molecule has 0 aliphatic carbocycles. The Morgan fingerprint density at radius 1 is 1.36 bits per heavy atom. The van der Waals surface area contributed by atoms with Crippen LogP contribution in [-0.4, -0.2) is 36.0 Å². The fraction of sp³-hybridized carbons (Fsp3) is 0.667. The van der Waals surface area contributed by atoms with Crippen molar-refractivity contribution in [3.63, 3.8) is 0 Å². The van der Waals surface area contributed by atoms with Crippen LogP contribution in [0.5, 0.6) is 5.88 Å². The number of hydrogen-bond donors (Lipinski definition) is 1. The number of hydrogen-bond acceptors (Lipinski definition) is 4. The van der Waals surface area contributed by atoms with Gasteiger partial charge in [-0.1, -0.05) is 13.8 Å². The highest BCUT2D eigenvalue weighted by Crippen LogP contribution is 2.16. The van der Waals surface area contributed by atoms with Gasteiger partial charge in [0.05, 0.1) is 7.11 Å². The molecule has 0 spiro atoms. The number of piperidine rings is 1. The quantitative estimate of drug-likeness (QED) is 0.659. The molecule has 0 saturated carbocycles. The number of nitrogens with zero attached hydrogens (tertiary/aromatic N) is 2. The average molecular weight is 309 g/mol. The average Bonchev–Trinajstić information content (AvgIpc) is 2.51. The molecule has 1 aromatic heterocycles. The lowest BCUT2D eigenvalue weighted by Crippen LogP contribution is -2.46. The van der Waals surface area contributed by atoms with Crippen LogP contribution >= 0.6 is 0 Å². The molecule has 2 rings (SSSR count). The molecule has 1 amide bonds. The molecule has 0 unspecified atom stereocenters. The summed E-state index contributed by atoms with van der Waals surface area (Å²) in [4.78, 5) is 28.9. The van der Waals surface area contributed by atoms with E-state index in [1.807, 2.05) is 13.8 Å². The van der Waals surface area contributed by atoms with E-state index in [1.165, 1.54) is 7.11 Å². The smallest absolute Gasteiger partial charge is 0.409 e. The maximum atomic E-state index is 12.5. The summed E-state index contributed by atoms with van der Waals surface area (Å²) in [6.45, 7) is 5.10. The predicted molar refractivity (Wildman–Crippen MR) is 80.9 cm³/mol. The highest BCUT2D eigenvalue weighted by molar-refractivity contribution is 5.94. The van der Waals surface area contributed by atoms with Crippen molar-refractivity contribution in [3.05, 3.63) is 26.9 Å². The first kappa shape index (κ1) is 16.3. The van der Waals surface area contributed by atoms with Gasteiger partial charge in [0.2, 0.25) is 5.69 Å². The van der Waals surface area contributed by atoms with E-state index < -0.39 is 5.56 Å². The van der Waals surface area contributed by atoms with Crippen molar-refractivity contribution in [1.82, 2.24) is 9.88 Å². The molecular formula is C15H23N3O4. The Hall–Kier alpha value is -2.05. The largest absolute Gasteiger partial charge is 0.616 e. The van der Waals surface area contributed by atoms with Crippen molar-refractivity contribution in [2.45, 2.75) is 39.5 Å². The number of ether oxygens (including phenoxy) is 1. The Morgan fingerprint density at radius 2 is 2.00 bits per heavy atom. The maximum Gasteiger partial charge on any atom is 0.409 e. The van der Waals surface area contributed by atoms with Crippen molar-refractivity contribution in [1.29, 1.82) is 0 Å². The third kappa shape index (κ3) is 3.23. The Balaban J connectivity index is 2.43. The molecule has 1 saturated heterocycles. The molecule has 1 N–H and O–H groups in total. The van der Waals surface area contributed by atoms with Crippen molar-refractivity contribution >= 4 is 5.91 Å². The topological polar surface area (TPSA) is 89.3 Å². The summed E-state index contributed by atoms with van der Waals surface area (Å²) in [5.74, 6) is -0.338. The molecule has 1 aliphatic rings. The van der Waals surface area contributed by atoms with Gasteiger partial charge in [0, 0.05) is 19.5 Å². The van der Waals surface area contributed by atoms with Crippen molar-refractivity contribution < 1.29 is 14.3 Å². The third-order valence-electron chi connectivity index (χ3n) is 3.80. The minimum absolute atomic E-state index is 0.0584. The Bertz CT molecular complexity index is 604. The number of nitrogens with one attached hydrogen (secondary N) is 1. The summed E-state index contributed by atoms with van der Waals surface area (Å²) < 4.78 is 5.55. The van der Waals surface area contributed by atoms with Crippen molar-refractivity contribution in [2.75, 3.05) is 20.2 Å². The van der Waals surface area contributed by atoms with Crippen LogP contribution in [0.15, 0.2) is 4.79 Å². The monoisotopic (exact) mass is 309 g/mol. The van der Waals surface area contributed by atoms with E-state index in [2.05, 4.69) is 4.98 Å². The number of aromatic amines is 1. The number of amides is 1. The Kier molecular flexibility index (Phi) is 5.05. The van der Waals surface area contributed by atoms with Crippen LogP contribution in [0, 0.1) is 11.1 Å². The molecular weight excluding hydrogens is 286 g/mol. The van der Waals surface area contributed by atoms with Gasteiger partial charge >= 0.3 is 11.4 Å². The first-order chi connectivity index (χ1) is 10.5. The minimum Gasteiger partial charge on any atom is -0.616 e. The zero-order chi connectivity index (χ0) is 16.3. The van der Waals surface area contributed by atoms with E-state index in [-0.39, 0.29) is 29.1 Å². The van der Waals surface area contributed by atoms with Gasteiger partial charge in [0.25, 0.3) is 11.6 Å². The number of rotatable bonds is 4. The lowest BCUT2D eigenvalue weighted by atomic mass is 10.1.